The van der Waals surface area contributed by atoms with Crippen LogP contribution in [0.15, 0.2) is 18.2 Å². The number of aromatic nitrogens is 2. The number of hydrogen-bond acceptors (Lipinski definition) is 4. The van der Waals surface area contributed by atoms with Gasteiger partial charge in [-0.3, -0.25) is 4.79 Å². The number of carbonyl (C=O) groups excluding carboxylic acids is 2. The fraction of sp³-hybridized carbons (Fsp3) is 0.250. The van der Waals surface area contributed by atoms with Gasteiger partial charge in [-0.1, -0.05) is 0 Å². The number of ketones is 1. The van der Waals surface area contributed by atoms with Crippen molar-refractivity contribution in [2.75, 3.05) is 7.11 Å². The Bertz CT molecular complexity index is 613. The average molecular weight is 232 g/mol. The molecule has 0 fully saturated rings. The summed E-state index contributed by atoms with van der Waals surface area (Å²) in [5, 5.41) is 0. The molecular formula is C12H12N2O3. The SMILES string of the molecule is COC(=O)C(=O)c1ccc2c(c1)nc(C)n2C. The van der Waals surface area contributed by atoms with Gasteiger partial charge in [-0.25, -0.2) is 9.78 Å². The highest BCUT2D eigenvalue weighted by atomic mass is 16.5. The summed E-state index contributed by atoms with van der Waals surface area (Å²) in [5.74, 6) is -0.669. The van der Waals surface area contributed by atoms with Crippen molar-refractivity contribution in [3.8, 4) is 0 Å². The van der Waals surface area contributed by atoms with Gasteiger partial charge in [0.05, 0.1) is 18.1 Å². The third kappa shape index (κ3) is 1.80. The predicted octanol–water partition coefficient (Wildman–Crippen LogP) is 1.24. The fourth-order valence-corrected chi connectivity index (χ4v) is 1.67. The van der Waals surface area contributed by atoms with Crippen molar-refractivity contribution in [2.24, 2.45) is 7.05 Å². The van der Waals surface area contributed by atoms with Gasteiger partial charge < -0.3 is 9.30 Å². The molecule has 0 N–H and O–H groups in total. The van der Waals surface area contributed by atoms with Crippen molar-refractivity contribution in [2.45, 2.75) is 6.92 Å². The van der Waals surface area contributed by atoms with Crippen molar-refractivity contribution in [1.29, 1.82) is 0 Å². The van der Waals surface area contributed by atoms with Crippen molar-refractivity contribution >= 4 is 22.8 Å². The molecule has 0 aliphatic heterocycles. The molecule has 2 rings (SSSR count). The van der Waals surface area contributed by atoms with E-state index in [0.717, 1.165) is 11.3 Å². The van der Waals surface area contributed by atoms with E-state index in [1.54, 1.807) is 18.2 Å². The minimum atomic E-state index is -0.864. The van der Waals surface area contributed by atoms with Gasteiger partial charge in [-0.2, -0.15) is 0 Å². The summed E-state index contributed by atoms with van der Waals surface area (Å²) in [6.45, 7) is 1.88. The maximum Gasteiger partial charge on any atom is 0.379 e. The van der Waals surface area contributed by atoms with E-state index in [1.165, 1.54) is 7.11 Å². The van der Waals surface area contributed by atoms with E-state index in [9.17, 15) is 9.59 Å². The Morgan fingerprint density at radius 2 is 2.06 bits per heavy atom. The summed E-state index contributed by atoms with van der Waals surface area (Å²) in [7, 11) is 3.08. The predicted molar refractivity (Wildman–Crippen MR) is 61.8 cm³/mol. The Labute approximate surface area is 98.0 Å². The van der Waals surface area contributed by atoms with Gasteiger partial charge in [0, 0.05) is 12.6 Å². The molecule has 0 saturated carbocycles. The maximum absolute atomic E-state index is 11.6. The van der Waals surface area contributed by atoms with Gasteiger partial charge in [0.15, 0.2) is 0 Å². The highest BCUT2D eigenvalue weighted by molar-refractivity contribution is 6.40. The lowest BCUT2D eigenvalue weighted by atomic mass is 10.1. The van der Waals surface area contributed by atoms with E-state index in [0.29, 0.717) is 11.1 Å². The van der Waals surface area contributed by atoms with E-state index < -0.39 is 11.8 Å². The van der Waals surface area contributed by atoms with Crippen molar-refractivity contribution in [3.05, 3.63) is 29.6 Å². The second-order valence-corrected chi connectivity index (χ2v) is 3.74. The first-order valence-corrected chi connectivity index (χ1v) is 5.10. The summed E-state index contributed by atoms with van der Waals surface area (Å²) in [5.41, 5.74) is 1.91. The Balaban J connectivity index is 2.52. The number of Topliss-reactive ketones (excluding diaryl/α,β-unsaturated/α-hetero) is 1. The number of rotatable bonds is 2. The third-order valence-electron chi connectivity index (χ3n) is 2.74. The zero-order valence-corrected chi connectivity index (χ0v) is 9.85. The van der Waals surface area contributed by atoms with Crippen LogP contribution in [0, 0.1) is 6.92 Å². The maximum atomic E-state index is 11.6. The Morgan fingerprint density at radius 1 is 1.35 bits per heavy atom. The summed E-state index contributed by atoms with van der Waals surface area (Å²) >= 11 is 0. The van der Waals surface area contributed by atoms with E-state index in [2.05, 4.69) is 9.72 Å². The minimum absolute atomic E-state index is 0.294. The van der Waals surface area contributed by atoms with E-state index >= 15 is 0 Å². The van der Waals surface area contributed by atoms with Crippen LogP contribution >= 0.6 is 0 Å². The molecule has 0 aliphatic carbocycles. The number of nitrogens with zero attached hydrogens (tertiary/aromatic N) is 2. The molecule has 0 saturated heterocycles. The molecule has 5 nitrogen and oxygen atoms in total. The first-order valence-electron chi connectivity index (χ1n) is 5.10. The Morgan fingerprint density at radius 3 is 2.71 bits per heavy atom. The number of ether oxygens (including phenoxy) is 1. The molecule has 0 amide bonds. The molecule has 0 aliphatic rings. The van der Waals surface area contributed by atoms with Crippen molar-refractivity contribution < 1.29 is 14.3 Å². The van der Waals surface area contributed by atoms with Gasteiger partial charge in [0.2, 0.25) is 0 Å². The molecule has 1 aromatic heterocycles. The number of methoxy groups -OCH3 is 1. The topological polar surface area (TPSA) is 61.2 Å². The van der Waals surface area contributed by atoms with Crippen LogP contribution in [-0.2, 0) is 16.6 Å². The quantitative estimate of drug-likeness (QED) is 0.444. The summed E-state index contributed by atoms with van der Waals surface area (Å²) in [4.78, 5) is 27.0. The number of imidazole rings is 1. The molecule has 0 bridgehead atoms. The Hall–Kier alpha value is -2.17. The van der Waals surface area contributed by atoms with E-state index in [-0.39, 0.29) is 0 Å². The summed E-state index contributed by atoms with van der Waals surface area (Å²) in [6.07, 6.45) is 0. The number of esters is 1. The zero-order chi connectivity index (χ0) is 12.6. The number of fused-ring (bicyclic) bond motifs is 1. The zero-order valence-electron chi connectivity index (χ0n) is 9.85. The molecule has 0 unspecified atom stereocenters. The molecule has 2 aromatic rings. The lowest BCUT2D eigenvalue weighted by Gasteiger charge is -1.99. The largest absolute Gasteiger partial charge is 0.463 e. The molecule has 88 valence electrons. The fourth-order valence-electron chi connectivity index (χ4n) is 1.67. The molecular weight excluding hydrogens is 220 g/mol. The van der Waals surface area contributed by atoms with Crippen molar-refractivity contribution in [3.63, 3.8) is 0 Å². The monoisotopic (exact) mass is 232 g/mol. The van der Waals surface area contributed by atoms with Crippen LogP contribution < -0.4 is 0 Å². The van der Waals surface area contributed by atoms with Crippen LogP contribution in [0.2, 0.25) is 0 Å². The van der Waals surface area contributed by atoms with Crippen LogP contribution in [0.25, 0.3) is 11.0 Å². The highest BCUT2D eigenvalue weighted by Crippen LogP contribution is 2.16. The first kappa shape index (κ1) is 11.3. The van der Waals surface area contributed by atoms with Gasteiger partial charge >= 0.3 is 5.97 Å². The van der Waals surface area contributed by atoms with Gasteiger partial charge in [0.1, 0.15) is 5.82 Å². The normalized spacial score (nSPS) is 10.5. The molecule has 0 radical (unpaired) electrons. The molecule has 5 heteroatoms. The lowest BCUT2D eigenvalue weighted by Crippen LogP contribution is -2.15. The van der Waals surface area contributed by atoms with Gasteiger partial charge in [0.25, 0.3) is 5.78 Å². The first-order chi connectivity index (χ1) is 8.04. The number of hydrogen-bond donors (Lipinski definition) is 0. The van der Waals surface area contributed by atoms with Gasteiger partial charge in [-0.05, 0) is 25.1 Å². The summed E-state index contributed by atoms with van der Waals surface area (Å²) < 4.78 is 6.31. The van der Waals surface area contributed by atoms with E-state index in [1.807, 2.05) is 18.5 Å². The molecule has 0 spiro atoms. The smallest absolute Gasteiger partial charge is 0.379 e. The molecule has 1 aromatic carbocycles. The lowest BCUT2D eigenvalue weighted by molar-refractivity contribution is -0.135. The standard InChI is InChI=1S/C12H12N2O3/c1-7-13-9-6-8(11(15)12(16)17-3)4-5-10(9)14(7)2/h4-6H,1-3H3. The van der Waals surface area contributed by atoms with Crippen LogP contribution in [-0.4, -0.2) is 28.4 Å². The van der Waals surface area contributed by atoms with Crippen LogP contribution in [0.5, 0.6) is 0 Å². The van der Waals surface area contributed by atoms with Crippen LogP contribution in [0.4, 0.5) is 0 Å². The van der Waals surface area contributed by atoms with Crippen LogP contribution in [0.1, 0.15) is 16.2 Å². The highest BCUT2D eigenvalue weighted by Gasteiger charge is 2.17. The van der Waals surface area contributed by atoms with Crippen LogP contribution in [0.3, 0.4) is 0 Å². The number of aryl methyl sites for hydroxylation is 2. The van der Waals surface area contributed by atoms with Gasteiger partial charge in [-0.15, -0.1) is 0 Å². The third-order valence-corrected chi connectivity index (χ3v) is 2.74. The second kappa shape index (κ2) is 4.01. The number of carbonyl (C=O) groups is 2. The Kier molecular flexibility index (Phi) is 2.67. The summed E-state index contributed by atoms with van der Waals surface area (Å²) in [6, 6.07) is 4.97. The van der Waals surface area contributed by atoms with Crippen molar-refractivity contribution in [1.82, 2.24) is 9.55 Å². The molecule has 1 heterocycles. The second-order valence-electron chi connectivity index (χ2n) is 3.74. The number of benzene rings is 1. The molecule has 0 atom stereocenters. The molecule has 17 heavy (non-hydrogen) atoms. The van der Waals surface area contributed by atoms with E-state index in [4.69, 9.17) is 0 Å². The minimum Gasteiger partial charge on any atom is -0.463 e. The average Bonchev–Trinajstić information content (AvgIpc) is 2.62.